The topological polar surface area (TPSA) is 237 Å². The first kappa shape index (κ1) is 94.1. The molecule has 0 heterocycles. The summed E-state index contributed by atoms with van der Waals surface area (Å²) in [7, 11) is -9.91. The lowest BCUT2D eigenvalue weighted by molar-refractivity contribution is -0.161. The predicted octanol–water partition coefficient (Wildman–Crippen LogP) is 22.6. The second-order valence-electron chi connectivity index (χ2n) is 29.2. The van der Waals surface area contributed by atoms with Crippen LogP contribution < -0.4 is 0 Å². The highest BCUT2D eigenvalue weighted by atomic mass is 31.2. The summed E-state index contributed by atoms with van der Waals surface area (Å²) < 4.78 is 68.6. The van der Waals surface area contributed by atoms with Crippen molar-refractivity contribution in [1.29, 1.82) is 0 Å². The zero-order valence-corrected chi connectivity index (χ0v) is 64.6. The molecule has 0 fully saturated rings. The average molecular weight is 1410 g/mol. The Kier molecular flexibility index (Phi) is 66.2. The maximum Gasteiger partial charge on any atom is 0.472 e. The van der Waals surface area contributed by atoms with Gasteiger partial charge in [0.1, 0.15) is 19.3 Å². The van der Waals surface area contributed by atoms with Gasteiger partial charge < -0.3 is 33.8 Å². The van der Waals surface area contributed by atoms with E-state index in [0.29, 0.717) is 25.7 Å². The summed E-state index contributed by atoms with van der Waals surface area (Å²) in [4.78, 5) is 72.9. The molecule has 0 aliphatic heterocycles. The number of ether oxygens (including phenoxy) is 4. The number of hydrogen-bond donors (Lipinski definition) is 3. The molecule has 0 aliphatic rings. The van der Waals surface area contributed by atoms with Crippen LogP contribution in [0.25, 0.3) is 0 Å². The van der Waals surface area contributed by atoms with E-state index in [1.807, 2.05) is 0 Å². The van der Waals surface area contributed by atoms with Crippen molar-refractivity contribution < 1.29 is 80.2 Å². The largest absolute Gasteiger partial charge is 0.472 e. The van der Waals surface area contributed by atoms with E-state index in [1.165, 1.54) is 205 Å². The molecule has 5 atom stereocenters. The summed E-state index contributed by atoms with van der Waals surface area (Å²) in [6, 6.07) is 0. The summed E-state index contributed by atoms with van der Waals surface area (Å²) in [6.45, 7) is 11.9. The number of carbonyl (C=O) groups is 4. The van der Waals surface area contributed by atoms with Crippen LogP contribution in [0.5, 0.6) is 0 Å². The van der Waals surface area contributed by atoms with Crippen LogP contribution >= 0.6 is 15.6 Å². The third kappa shape index (κ3) is 70.5. The summed E-state index contributed by atoms with van der Waals surface area (Å²) >= 11 is 0. The van der Waals surface area contributed by atoms with E-state index in [1.54, 1.807) is 0 Å². The highest BCUT2D eigenvalue weighted by Gasteiger charge is 2.30. The van der Waals surface area contributed by atoms with E-state index in [4.69, 9.17) is 37.0 Å². The van der Waals surface area contributed by atoms with E-state index >= 15 is 0 Å². The molecule has 0 spiro atoms. The SMILES string of the molecule is CCCCCCCCCCCCCCCCCCC(=O)O[C@H](COC(=O)CCCCCCCCCCCCCCC(C)C)COP(=O)(O)OC[C@@H](O)COP(=O)(O)OC[C@@H](COC(=O)CCCCCCCCCCC(C)C)OC(=O)CCCCCCCCCCCCCC(C)C. The lowest BCUT2D eigenvalue weighted by Gasteiger charge is -2.21. The highest BCUT2D eigenvalue weighted by molar-refractivity contribution is 7.47. The number of unbranched alkanes of at least 4 members (excludes halogenated alkanes) is 43. The zero-order valence-electron chi connectivity index (χ0n) is 62.8. The number of phosphoric acid groups is 2. The third-order valence-electron chi connectivity index (χ3n) is 17.9. The Morgan fingerprint density at radius 1 is 0.281 bits per heavy atom. The minimum absolute atomic E-state index is 0.106. The van der Waals surface area contributed by atoms with Crippen LogP contribution in [0.15, 0.2) is 0 Å². The number of aliphatic hydroxyl groups excluding tert-OH is 1. The van der Waals surface area contributed by atoms with E-state index in [2.05, 4.69) is 48.5 Å². The molecule has 0 aromatic rings. The summed E-state index contributed by atoms with van der Waals surface area (Å²) in [5.74, 6) is 0.158. The van der Waals surface area contributed by atoms with Crippen molar-refractivity contribution in [3.8, 4) is 0 Å². The molecule has 0 rings (SSSR count). The van der Waals surface area contributed by atoms with Gasteiger partial charge in [0.05, 0.1) is 26.4 Å². The second-order valence-corrected chi connectivity index (χ2v) is 32.1. The minimum Gasteiger partial charge on any atom is -0.462 e. The number of phosphoric ester groups is 2. The standard InChI is InChI=1S/C77H150O17P2/c1-8-9-10-11-12-13-14-15-16-17-18-25-30-39-46-53-60-76(81)93-72(64-87-74(79)58-51-44-37-29-24-20-19-22-27-34-41-48-55-68(2)3)66-91-95(83,84)89-62-71(78)63-90-96(85,86)92-67-73(65-88-75(80)59-52-45-38-33-32-36-43-50-57-70(6)7)94-77(82)61-54-47-40-31-26-21-23-28-35-42-49-56-69(4)5/h68-73,78H,8-67H2,1-7H3,(H,83,84)(H,85,86)/t71-,72-,73-/m1/s1. The quantitative estimate of drug-likeness (QED) is 0.0222. The molecule has 17 nitrogen and oxygen atoms in total. The lowest BCUT2D eigenvalue weighted by Crippen LogP contribution is -2.30. The van der Waals surface area contributed by atoms with Crippen molar-refractivity contribution in [1.82, 2.24) is 0 Å². The second kappa shape index (κ2) is 67.5. The van der Waals surface area contributed by atoms with Crippen LogP contribution in [-0.4, -0.2) is 96.7 Å². The van der Waals surface area contributed by atoms with Crippen LogP contribution in [-0.2, 0) is 65.4 Å². The smallest absolute Gasteiger partial charge is 0.462 e. The number of carbonyl (C=O) groups excluding carboxylic acids is 4. The highest BCUT2D eigenvalue weighted by Crippen LogP contribution is 2.45. The summed E-state index contributed by atoms with van der Waals surface area (Å²) in [5, 5.41) is 10.6. The molecule has 0 saturated heterocycles. The molecular formula is C77H150O17P2. The van der Waals surface area contributed by atoms with Crippen LogP contribution in [0.1, 0.15) is 395 Å². The van der Waals surface area contributed by atoms with Gasteiger partial charge in [-0.25, -0.2) is 9.13 Å². The fourth-order valence-electron chi connectivity index (χ4n) is 11.8. The monoisotopic (exact) mass is 1410 g/mol. The van der Waals surface area contributed by atoms with E-state index in [9.17, 15) is 43.2 Å². The molecule has 0 bridgehead atoms. The summed E-state index contributed by atoms with van der Waals surface area (Å²) in [5.41, 5.74) is 0. The van der Waals surface area contributed by atoms with Gasteiger partial charge in [0.25, 0.3) is 0 Å². The molecule has 19 heteroatoms. The first-order valence-electron chi connectivity index (χ1n) is 39.8. The van der Waals surface area contributed by atoms with Gasteiger partial charge in [-0.05, 0) is 43.4 Å². The van der Waals surface area contributed by atoms with Crippen molar-refractivity contribution in [3.05, 3.63) is 0 Å². The average Bonchev–Trinajstić information content (AvgIpc) is 1.12. The Labute approximate surface area is 588 Å². The third-order valence-corrected chi connectivity index (χ3v) is 19.8. The molecule has 2 unspecified atom stereocenters. The van der Waals surface area contributed by atoms with Gasteiger partial charge in [0, 0.05) is 25.7 Å². The van der Waals surface area contributed by atoms with Gasteiger partial charge in [-0.1, -0.05) is 344 Å². The number of hydrogen-bond acceptors (Lipinski definition) is 15. The Balaban J connectivity index is 5.26. The van der Waals surface area contributed by atoms with E-state index < -0.39 is 97.5 Å². The first-order valence-corrected chi connectivity index (χ1v) is 42.8. The maximum atomic E-state index is 13.1. The van der Waals surface area contributed by atoms with Crippen LogP contribution in [0.2, 0.25) is 0 Å². The van der Waals surface area contributed by atoms with Gasteiger partial charge in [0.15, 0.2) is 12.2 Å². The molecule has 0 aromatic heterocycles. The Morgan fingerprint density at radius 3 is 0.708 bits per heavy atom. The first-order chi connectivity index (χ1) is 46.2. The van der Waals surface area contributed by atoms with Gasteiger partial charge >= 0.3 is 39.5 Å². The molecule has 0 aliphatic carbocycles. The van der Waals surface area contributed by atoms with Crippen molar-refractivity contribution in [3.63, 3.8) is 0 Å². The lowest BCUT2D eigenvalue weighted by atomic mass is 10.0. The van der Waals surface area contributed by atoms with Gasteiger partial charge in [0.2, 0.25) is 0 Å². The zero-order chi connectivity index (χ0) is 70.9. The van der Waals surface area contributed by atoms with Crippen LogP contribution in [0.4, 0.5) is 0 Å². The van der Waals surface area contributed by atoms with Crippen molar-refractivity contribution in [2.24, 2.45) is 17.8 Å². The molecular weight excluding hydrogens is 1260 g/mol. The molecule has 3 N–H and O–H groups in total. The molecule has 0 saturated carbocycles. The Morgan fingerprint density at radius 2 is 0.479 bits per heavy atom. The summed E-state index contributed by atoms with van der Waals surface area (Å²) in [6.07, 6.45) is 54.0. The van der Waals surface area contributed by atoms with Crippen molar-refractivity contribution in [2.75, 3.05) is 39.6 Å². The number of esters is 4. The van der Waals surface area contributed by atoms with Crippen molar-refractivity contribution in [2.45, 2.75) is 414 Å². The molecule has 0 radical (unpaired) electrons. The normalized spacial score (nSPS) is 14.1. The van der Waals surface area contributed by atoms with Crippen LogP contribution in [0.3, 0.4) is 0 Å². The Hall–Kier alpha value is -1.94. The fourth-order valence-corrected chi connectivity index (χ4v) is 13.4. The number of rotatable bonds is 75. The number of aliphatic hydroxyl groups is 1. The van der Waals surface area contributed by atoms with E-state index in [0.717, 1.165) is 108 Å². The van der Waals surface area contributed by atoms with Gasteiger partial charge in [-0.15, -0.1) is 0 Å². The molecule has 0 aromatic carbocycles. The van der Waals surface area contributed by atoms with Gasteiger partial charge in [-0.2, -0.15) is 0 Å². The predicted molar refractivity (Wildman–Crippen MR) is 391 cm³/mol. The molecule has 0 amide bonds. The van der Waals surface area contributed by atoms with Gasteiger partial charge in [-0.3, -0.25) is 37.3 Å². The van der Waals surface area contributed by atoms with Crippen LogP contribution in [0, 0.1) is 17.8 Å². The Bertz CT molecular complexity index is 1870. The maximum absolute atomic E-state index is 13.1. The minimum atomic E-state index is -4.96. The van der Waals surface area contributed by atoms with E-state index in [-0.39, 0.29) is 25.7 Å². The molecule has 570 valence electrons. The fraction of sp³-hybridized carbons (Fsp3) is 0.948. The van der Waals surface area contributed by atoms with Crippen molar-refractivity contribution >= 4 is 39.5 Å². The molecule has 96 heavy (non-hydrogen) atoms.